The molecular formula is C20H16Br2N4O6S. The number of methoxy groups -OCH3 is 1. The molecule has 0 atom stereocenters. The van der Waals surface area contributed by atoms with E-state index < -0.39 is 20.6 Å². The van der Waals surface area contributed by atoms with Crippen LogP contribution in [0, 0.1) is 10.1 Å². The van der Waals surface area contributed by atoms with Crippen molar-refractivity contribution in [1.29, 1.82) is 0 Å². The molecule has 3 N–H and O–H groups in total. The first-order valence-electron chi connectivity index (χ1n) is 9.03. The lowest BCUT2D eigenvalue weighted by molar-refractivity contribution is -0.385. The van der Waals surface area contributed by atoms with E-state index in [-0.39, 0.29) is 22.0 Å². The molecule has 172 valence electrons. The maximum atomic E-state index is 13.0. The molecule has 0 aliphatic carbocycles. The molecule has 0 amide bonds. The van der Waals surface area contributed by atoms with Crippen molar-refractivity contribution < 1.29 is 23.2 Å². The Hall–Kier alpha value is -3.16. The monoisotopic (exact) mass is 598 g/mol. The van der Waals surface area contributed by atoms with Gasteiger partial charge in [-0.1, -0.05) is 0 Å². The third-order valence-corrected chi connectivity index (χ3v) is 6.88. The smallest absolute Gasteiger partial charge is 0.270 e. The number of nitro groups is 1. The fourth-order valence-electron chi connectivity index (χ4n) is 2.64. The minimum Gasteiger partial charge on any atom is -0.506 e. The van der Waals surface area contributed by atoms with Gasteiger partial charge in [0.05, 0.1) is 32.9 Å². The lowest BCUT2D eigenvalue weighted by Crippen LogP contribution is -2.15. The topological polar surface area (TPSA) is 143 Å². The van der Waals surface area contributed by atoms with E-state index in [0.717, 1.165) is 12.1 Å². The highest BCUT2D eigenvalue weighted by atomic mass is 79.9. The summed E-state index contributed by atoms with van der Waals surface area (Å²) < 4.78 is 34.3. The first kappa shape index (κ1) is 24.5. The van der Waals surface area contributed by atoms with Gasteiger partial charge in [0, 0.05) is 17.8 Å². The summed E-state index contributed by atoms with van der Waals surface area (Å²) in [6.07, 6.45) is 1.39. The molecule has 3 aromatic rings. The lowest BCUT2D eigenvalue weighted by Gasteiger charge is -2.12. The largest absolute Gasteiger partial charge is 0.506 e. The number of hydrogen-bond donors (Lipinski definition) is 3. The molecule has 0 unspecified atom stereocenters. The van der Waals surface area contributed by atoms with Crippen LogP contribution < -0.4 is 14.9 Å². The molecule has 0 spiro atoms. The second-order valence-corrected chi connectivity index (χ2v) is 9.83. The highest BCUT2D eigenvalue weighted by molar-refractivity contribution is 9.11. The van der Waals surface area contributed by atoms with Gasteiger partial charge < -0.3 is 9.84 Å². The van der Waals surface area contributed by atoms with Gasteiger partial charge in [-0.2, -0.15) is 5.10 Å². The van der Waals surface area contributed by atoms with Crippen molar-refractivity contribution in [3.05, 3.63) is 79.2 Å². The molecule has 3 aromatic carbocycles. The number of phenols is 1. The van der Waals surface area contributed by atoms with E-state index in [4.69, 9.17) is 4.74 Å². The summed E-state index contributed by atoms with van der Waals surface area (Å²) in [5.41, 5.74) is 3.06. The van der Waals surface area contributed by atoms with E-state index >= 15 is 0 Å². The van der Waals surface area contributed by atoms with Crippen LogP contribution in [0.5, 0.6) is 11.5 Å². The fourth-order valence-corrected chi connectivity index (χ4v) is 5.10. The third-order valence-electron chi connectivity index (χ3n) is 4.25. The number of aromatic hydroxyl groups is 1. The van der Waals surface area contributed by atoms with Gasteiger partial charge in [-0.05, 0) is 79.9 Å². The van der Waals surface area contributed by atoms with E-state index in [2.05, 4.69) is 47.1 Å². The molecule has 0 aromatic heterocycles. The standard InChI is InChI=1S/C20H16Br2N4O6S/c1-32-15-5-2-13(3-6-15)25-33(30,31)19-10-14(26(28)29)4-7-18(19)24-23-11-12-8-16(21)20(27)17(22)9-12/h2-11,24-25,27H,1H3/b23-11+. The summed E-state index contributed by atoms with van der Waals surface area (Å²) in [4.78, 5) is 10.2. The molecule has 0 saturated carbocycles. The average Bonchev–Trinajstić information content (AvgIpc) is 2.77. The fraction of sp³-hybridized carbons (Fsp3) is 0.0500. The number of nitrogens with zero attached hydrogens (tertiary/aromatic N) is 2. The van der Waals surface area contributed by atoms with Crippen LogP contribution >= 0.6 is 31.9 Å². The minimum atomic E-state index is -4.21. The first-order valence-corrected chi connectivity index (χ1v) is 12.1. The molecule has 33 heavy (non-hydrogen) atoms. The van der Waals surface area contributed by atoms with Gasteiger partial charge in [0.15, 0.2) is 0 Å². The predicted octanol–water partition coefficient (Wildman–Crippen LogP) is 5.08. The first-order chi connectivity index (χ1) is 15.6. The van der Waals surface area contributed by atoms with Crippen LogP contribution in [-0.2, 0) is 10.0 Å². The van der Waals surface area contributed by atoms with Crippen LogP contribution in [0.2, 0.25) is 0 Å². The number of benzene rings is 3. The van der Waals surface area contributed by atoms with Crippen LogP contribution in [0.25, 0.3) is 0 Å². The Morgan fingerprint density at radius 2 is 1.73 bits per heavy atom. The SMILES string of the molecule is COc1ccc(NS(=O)(=O)c2cc([N+](=O)[O-])ccc2N/N=C/c2cc(Br)c(O)c(Br)c2)cc1. The van der Waals surface area contributed by atoms with Gasteiger partial charge in [-0.3, -0.25) is 20.3 Å². The number of halogens is 2. The Morgan fingerprint density at radius 3 is 2.30 bits per heavy atom. The van der Waals surface area contributed by atoms with Crippen LogP contribution in [0.15, 0.2) is 73.5 Å². The summed E-state index contributed by atoms with van der Waals surface area (Å²) in [6, 6.07) is 12.7. The number of sulfonamides is 1. The zero-order chi connectivity index (χ0) is 24.2. The molecule has 13 heteroatoms. The number of ether oxygens (including phenoxy) is 1. The molecule has 0 bridgehead atoms. The Bertz CT molecular complexity index is 1310. The molecule has 0 saturated heterocycles. The number of hydrazone groups is 1. The van der Waals surface area contributed by atoms with Crippen LogP contribution in [0.3, 0.4) is 0 Å². The molecule has 0 heterocycles. The zero-order valence-corrected chi connectivity index (χ0v) is 20.8. The summed E-state index contributed by atoms with van der Waals surface area (Å²) in [5.74, 6) is 0.561. The van der Waals surface area contributed by atoms with Gasteiger partial charge in [0.25, 0.3) is 15.7 Å². The summed E-state index contributed by atoms with van der Waals surface area (Å²) in [6.45, 7) is 0. The Balaban J connectivity index is 1.93. The van der Waals surface area contributed by atoms with Gasteiger partial charge in [0.2, 0.25) is 0 Å². The van der Waals surface area contributed by atoms with E-state index in [1.54, 1.807) is 24.3 Å². The van der Waals surface area contributed by atoms with Gasteiger partial charge in [-0.25, -0.2) is 8.42 Å². The van der Waals surface area contributed by atoms with Crippen LogP contribution in [-0.4, -0.2) is 31.8 Å². The van der Waals surface area contributed by atoms with Gasteiger partial charge in [-0.15, -0.1) is 0 Å². The van der Waals surface area contributed by atoms with Crippen molar-refractivity contribution in [2.45, 2.75) is 4.90 Å². The van der Waals surface area contributed by atoms with E-state index in [9.17, 15) is 23.6 Å². The molecule has 0 aliphatic rings. The Kier molecular flexibility index (Phi) is 7.56. The Morgan fingerprint density at radius 1 is 1.09 bits per heavy atom. The molecule has 0 aliphatic heterocycles. The van der Waals surface area contributed by atoms with Crippen molar-refractivity contribution in [2.24, 2.45) is 5.10 Å². The number of anilines is 2. The second-order valence-electron chi connectivity index (χ2n) is 6.47. The Labute approximate surface area is 205 Å². The number of phenolic OH excluding ortho intramolecular Hbond substituents is 1. The highest BCUT2D eigenvalue weighted by Crippen LogP contribution is 2.33. The minimum absolute atomic E-state index is 0.0217. The van der Waals surface area contributed by atoms with Crippen molar-refractivity contribution in [1.82, 2.24) is 0 Å². The average molecular weight is 600 g/mol. The molecule has 3 rings (SSSR count). The normalized spacial score (nSPS) is 11.4. The van der Waals surface area contributed by atoms with E-state index in [1.165, 1.54) is 31.5 Å². The molecule has 0 fully saturated rings. The maximum absolute atomic E-state index is 13.0. The lowest BCUT2D eigenvalue weighted by atomic mass is 10.2. The number of nitro benzene ring substituents is 1. The van der Waals surface area contributed by atoms with Crippen molar-refractivity contribution in [2.75, 3.05) is 17.3 Å². The van der Waals surface area contributed by atoms with Crippen molar-refractivity contribution in [3.8, 4) is 11.5 Å². The highest BCUT2D eigenvalue weighted by Gasteiger charge is 2.23. The predicted molar refractivity (Wildman–Crippen MR) is 132 cm³/mol. The second kappa shape index (κ2) is 10.2. The quantitative estimate of drug-likeness (QED) is 0.186. The summed E-state index contributed by atoms with van der Waals surface area (Å²) in [5, 5.41) is 25.0. The number of rotatable bonds is 8. The number of non-ortho nitro benzene ring substituents is 1. The van der Waals surface area contributed by atoms with Crippen molar-refractivity contribution >= 4 is 65.2 Å². The molecule has 0 radical (unpaired) electrons. The van der Waals surface area contributed by atoms with E-state index in [1.807, 2.05) is 0 Å². The number of nitrogens with one attached hydrogen (secondary N) is 2. The molecular weight excluding hydrogens is 584 g/mol. The van der Waals surface area contributed by atoms with Gasteiger partial charge >= 0.3 is 0 Å². The maximum Gasteiger partial charge on any atom is 0.270 e. The number of hydrogen-bond acceptors (Lipinski definition) is 8. The summed E-state index contributed by atoms with van der Waals surface area (Å²) >= 11 is 6.42. The van der Waals surface area contributed by atoms with Gasteiger partial charge in [0.1, 0.15) is 16.4 Å². The van der Waals surface area contributed by atoms with Crippen LogP contribution in [0.4, 0.5) is 17.1 Å². The molecule has 10 nitrogen and oxygen atoms in total. The van der Waals surface area contributed by atoms with Crippen LogP contribution in [0.1, 0.15) is 5.56 Å². The zero-order valence-electron chi connectivity index (χ0n) is 16.8. The van der Waals surface area contributed by atoms with Crippen molar-refractivity contribution in [3.63, 3.8) is 0 Å². The summed E-state index contributed by atoms with van der Waals surface area (Å²) in [7, 11) is -2.73. The third kappa shape index (κ3) is 6.00. The van der Waals surface area contributed by atoms with E-state index in [0.29, 0.717) is 20.3 Å².